The lowest BCUT2D eigenvalue weighted by molar-refractivity contribution is -0.274. The van der Waals surface area contributed by atoms with Gasteiger partial charge in [0.2, 0.25) is 0 Å². The first-order chi connectivity index (χ1) is 13.4. The van der Waals surface area contributed by atoms with E-state index < -0.39 is 18.1 Å². The summed E-state index contributed by atoms with van der Waals surface area (Å²) in [5.41, 5.74) is -0.550. The van der Waals surface area contributed by atoms with Gasteiger partial charge in [-0.05, 0) is 68.2 Å². The van der Waals surface area contributed by atoms with Crippen molar-refractivity contribution in [1.29, 1.82) is 0 Å². The van der Waals surface area contributed by atoms with Crippen molar-refractivity contribution in [2.24, 2.45) is 0 Å². The highest BCUT2D eigenvalue weighted by atomic mass is 79.9. The Hall–Kier alpha value is -1.68. The smallest absolute Gasteiger partial charge is 0.492 e. The summed E-state index contributed by atoms with van der Waals surface area (Å²) >= 11 is 3.02. The number of alkyl halides is 3. The highest BCUT2D eigenvalue weighted by molar-refractivity contribution is 9.10. The molecule has 1 heterocycles. The van der Waals surface area contributed by atoms with E-state index in [1.54, 1.807) is 6.07 Å². The highest BCUT2D eigenvalue weighted by Crippen LogP contribution is 2.33. The van der Waals surface area contributed by atoms with Gasteiger partial charge in [0.05, 0.1) is 4.47 Å². The van der Waals surface area contributed by atoms with Gasteiger partial charge in [-0.3, -0.25) is 4.90 Å². The topological polar surface area (TPSA) is 60.0 Å². The fourth-order valence-corrected chi connectivity index (χ4v) is 3.25. The minimum Gasteiger partial charge on any atom is -0.492 e. The third-order valence-electron chi connectivity index (χ3n) is 4.03. The molecule has 0 saturated carbocycles. The predicted octanol–water partition coefficient (Wildman–Crippen LogP) is 4.72. The lowest BCUT2D eigenvalue weighted by Gasteiger charge is -2.33. The molecule has 1 fully saturated rings. The van der Waals surface area contributed by atoms with Crippen LogP contribution < -0.4 is 14.8 Å². The van der Waals surface area contributed by atoms with Crippen LogP contribution in [0.15, 0.2) is 22.7 Å². The van der Waals surface area contributed by atoms with Crippen LogP contribution in [0.4, 0.5) is 18.0 Å². The molecule has 29 heavy (non-hydrogen) atoms. The van der Waals surface area contributed by atoms with E-state index in [2.05, 4.69) is 30.9 Å². The minimum atomic E-state index is -4.77. The van der Waals surface area contributed by atoms with Crippen LogP contribution in [0, 0.1) is 0 Å². The summed E-state index contributed by atoms with van der Waals surface area (Å²) in [6.07, 6.45) is -3.43. The number of piperidine rings is 1. The van der Waals surface area contributed by atoms with Gasteiger partial charge in [0.1, 0.15) is 23.7 Å². The van der Waals surface area contributed by atoms with Crippen LogP contribution in [0.5, 0.6) is 11.5 Å². The lowest BCUT2D eigenvalue weighted by Crippen LogP contribution is -2.49. The second kappa shape index (κ2) is 9.88. The molecule has 6 nitrogen and oxygen atoms in total. The summed E-state index contributed by atoms with van der Waals surface area (Å²) < 4.78 is 52.3. The zero-order valence-corrected chi connectivity index (χ0v) is 18.2. The predicted molar refractivity (Wildman–Crippen MR) is 105 cm³/mol. The van der Waals surface area contributed by atoms with Crippen LogP contribution in [0.3, 0.4) is 0 Å². The largest absolute Gasteiger partial charge is 0.573 e. The average molecular weight is 483 g/mol. The van der Waals surface area contributed by atoms with Gasteiger partial charge in [-0.25, -0.2) is 4.79 Å². The van der Waals surface area contributed by atoms with Crippen molar-refractivity contribution in [3.63, 3.8) is 0 Å². The van der Waals surface area contributed by atoms with E-state index in [1.807, 2.05) is 20.8 Å². The van der Waals surface area contributed by atoms with E-state index >= 15 is 0 Å². The molecular weight excluding hydrogens is 457 g/mol. The van der Waals surface area contributed by atoms with Crippen molar-refractivity contribution in [3.8, 4) is 11.5 Å². The second-order valence-electron chi connectivity index (χ2n) is 7.77. The molecule has 0 radical (unpaired) electrons. The monoisotopic (exact) mass is 482 g/mol. The first-order valence-electron chi connectivity index (χ1n) is 9.31. The van der Waals surface area contributed by atoms with Crippen molar-refractivity contribution in [3.05, 3.63) is 22.7 Å². The number of nitrogens with one attached hydrogen (secondary N) is 1. The maximum atomic E-state index is 12.4. The molecule has 0 aliphatic carbocycles. The van der Waals surface area contributed by atoms with E-state index in [0.29, 0.717) is 19.7 Å². The molecule has 164 valence electrons. The van der Waals surface area contributed by atoms with Crippen LogP contribution in [0.1, 0.15) is 33.6 Å². The summed E-state index contributed by atoms with van der Waals surface area (Å²) in [5.74, 6) is -0.0671. The highest BCUT2D eigenvalue weighted by Gasteiger charge is 2.32. The molecule has 0 unspecified atom stereocenters. The van der Waals surface area contributed by atoms with E-state index in [0.717, 1.165) is 19.4 Å². The number of ether oxygens (including phenoxy) is 3. The van der Waals surface area contributed by atoms with Gasteiger partial charge < -0.3 is 19.5 Å². The summed E-state index contributed by atoms with van der Waals surface area (Å²) in [6.45, 7) is 7.83. The Labute approximate surface area is 176 Å². The number of carbonyl (C=O) groups is 1. The van der Waals surface area contributed by atoms with E-state index in [1.165, 1.54) is 12.1 Å². The first kappa shape index (κ1) is 23.6. The molecule has 1 aromatic carbocycles. The minimum absolute atomic E-state index is 0.0157. The molecule has 0 spiro atoms. The quantitative estimate of drug-likeness (QED) is 0.635. The molecule has 1 aromatic rings. The molecule has 1 atom stereocenters. The van der Waals surface area contributed by atoms with Crippen molar-refractivity contribution in [2.75, 3.05) is 26.2 Å². The van der Waals surface area contributed by atoms with Gasteiger partial charge in [0, 0.05) is 25.2 Å². The lowest BCUT2D eigenvalue weighted by atomic mass is 10.1. The van der Waals surface area contributed by atoms with Gasteiger partial charge in [-0.1, -0.05) is 0 Å². The number of alkyl carbamates (subject to hydrolysis) is 1. The molecule has 1 aliphatic rings. The molecule has 1 aliphatic heterocycles. The molecule has 10 heteroatoms. The summed E-state index contributed by atoms with van der Waals surface area (Å²) in [6, 6.07) is 4.19. The Balaban J connectivity index is 1.80. The second-order valence-corrected chi connectivity index (χ2v) is 8.63. The van der Waals surface area contributed by atoms with Crippen LogP contribution >= 0.6 is 15.9 Å². The fourth-order valence-electron chi connectivity index (χ4n) is 2.92. The number of halogens is 4. The molecule has 1 N–H and O–H groups in total. The Morgan fingerprint density at radius 1 is 1.31 bits per heavy atom. The molecular formula is C19H26BrF3N2O4. The van der Waals surface area contributed by atoms with Crippen LogP contribution in [0.2, 0.25) is 0 Å². The number of carbonyl (C=O) groups excluding carboxylic acids is 1. The van der Waals surface area contributed by atoms with Gasteiger partial charge in [0.15, 0.2) is 0 Å². The van der Waals surface area contributed by atoms with Gasteiger partial charge in [-0.2, -0.15) is 0 Å². The Bertz CT molecular complexity index is 695. The standard InChI is InChI=1S/C19H26BrF3N2O4/c1-18(2,3)29-17(26)24-13-5-4-8-25(12-13)9-10-27-14-6-7-15(20)16(11-14)28-19(21,22)23/h6-7,11,13H,4-5,8-10,12H2,1-3H3,(H,24,26)/t13-/m1/s1. The van der Waals surface area contributed by atoms with Crippen molar-refractivity contribution in [1.82, 2.24) is 10.2 Å². The third kappa shape index (κ3) is 9.12. The number of hydrogen-bond donors (Lipinski definition) is 1. The van der Waals surface area contributed by atoms with Crippen molar-refractivity contribution >= 4 is 22.0 Å². The maximum Gasteiger partial charge on any atom is 0.573 e. The van der Waals surface area contributed by atoms with Crippen molar-refractivity contribution < 1.29 is 32.2 Å². The number of benzene rings is 1. The molecule has 2 rings (SSSR count). The summed E-state index contributed by atoms with van der Waals surface area (Å²) in [5, 5.41) is 2.88. The van der Waals surface area contributed by atoms with Crippen LogP contribution in [-0.4, -0.2) is 55.2 Å². The van der Waals surface area contributed by atoms with E-state index in [9.17, 15) is 18.0 Å². The number of rotatable bonds is 6. The van der Waals surface area contributed by atoms with E-state index in [-0.39, 0.29) is 22.0 Å². The zero-order chi connectivity index (χ0) is 21.7. The van der Waals surface area contributed by atoms with Crippen LogP contribution in [-0.2, 0) is 4.74 Å². The number of amides is 1. The number of nitrogens with zero attached hydrogens (tertiary/aromatic N) is 1. The van der Waals surface area contributed by atoms with Gasteiger partial charge in [-0.15, -0.1) is 13.2 Å². The summed E-state index contributed by atoms with van der Waals surface area (Å²) in [4.78, 5) is 14.1. The fraction of sp³-hybridized carbons (Fsp3) is 0.632. The molecule has 1 amide bonds. The molecule has 0 bridgehead atoms. The number of likely N-dealkylation sites (tertiary alicyclic amines) is 1. The maximum absolute atomic E-state index is 12.4. The zero-order valence-electron chi connectivity index (χ0n) is 16.6. The van der Waals surface area contributed by atoms with Gasteiger partial charge >= 0.3 is 12.5 Å². The SMILES string of the molecule is CC(C)(C)OC(=O)N[C@@H]1CCCN(CCOc2ccc(Br)c(OC(F)(F)F)c2)C1. The molecule has 0 aromatic heterocycles. The normalized spacial score (nSPS) is 18.2. The molecule has 1 saturated heterocycles. The van der Waals surface area contributed by atoms with E-state index in [4.69, 9.17) is 9.47 Å². The Morgan fingerprint density at radius 2 is 2.03 bits per heavy atom. The van der Waals surface area contributed by atoms with Gasteiger partial charge in [0.25, 0.3) is 0 Å². The number of hydrogen-bond acceptors (Lipinski definition) is 5. The Kier molecular flexibility index (Phi) is 8.04. The van der Waals surface area contributed by atoms with Crippen LogP contribution in [0.25, 0.3) is 0 Å². The first-order valence-corrected chi connectivity index (χ1v) is 10.1. The van der Waals surface area contributed by atoms with Crippen molar-refractivity contribution in [2.45, 2.75) is 51.6 Å². The summed E-state index contributed by atoms with van der Waals surface area (Å²) in [7, 11) is 0. The Morgan fingerprint density at radius 3 is 2.69 bits per heavy atom. The third-order valence-corrected chi connectivity index (χ3v) is 4.69. The average Bonchev–Trinajstić information content (AvgIpc) is 2.55.